The van der Waals surface area contributed by atoms with Crippen LogP contribution < -0.4 is 5.73 Å². The monoisotopic (exact) mass is 333 g/mol. The fraction of sp³-hybridized carbons (Fsp3) is 0. The number of hydrogen-bond acceptors (Lipinski definition) is 3. The minimum Gasteiger partial charge on any atom is -0.399 e. The number of nitrogens with one attached hydrogen (secondary N) is 1. The van der Waals surface area contributed by atoms with Crippen LogP contribution in [0.4, 0.5) is 10.1 Å². The Morgan fingerprint density at radius 2 is 2.10 bits per heavy atom. The second kappa shape index (κ2) is 4.72. The number of aromatic nitrogens is 2. The van der Waals surface area contributed by atoms with Gasteiger partial charge in [0.1, 0.15) is 11.5 Å². The third kappa shape index (κ3) is 2.18. The van der Waals surface area contributed by atoms with Crippen molar-refractivity contribution >= 4 is 38.4 Å². The highest BCUT2D eigenvalue weighted by Crippen LogP contribution is 2.24. The van der Waals surface area contributed by atoms with Crippen LogP contribution in [0.5, 0.6) is 0 Å². The summed E-state index contributed by atoms with van der Waals surface area (Å²) in [7, 11) is 0. The molecule has 3 N–H and O–H groups in total. The topological polar surface area (TPSA) is 71.8 Å². The quantitative estimate of drug-likeness (QED) is 0.558. The summed E-state index contributed by atoms with van der Waals surface area (Å²) >= 11 is 3.31. The summed E-state index contributed by atoms with van der Waals surface area (Å²) < 4.78 is 14.1. The zero-order chi connectivity index (χ0) is 14.3. The number of hydrogen-bond donors (Lipinski definition) is 2. The molecule has 0 aliphatic carbocycles. The molecule has 0 unspecified atom stereocenters. The summed E-state index contributed by atoms with van der Waals surface area (Å²) in [5.74, 6) is -0.838. The van der Waals surface area contributed by atoms with Gasteiger partial charge in [-0.15, -0.1) is 0 Å². The Labute approximate surface area is 121 Å². The lowest BCUT2D eigenvalue weighted by Crippen LogP contribution is -2.02. The van der Waals surface area contributed by atoms with E-state index >= 15 is 0 Å². The standard InChI is InChI=1S/C14H9BrFN3O/c15-8-3-11-12(6-19-14(11)18-5-8)13(20)7-1-9(16)4-10(17)2-7/h1-6H,17H2,(H,18,19). The molecule has 100 valence electrons. The highest BCUT2D eigenvalue weighted by molar-refractivity contribution is 9.10. The van der Waals surface area contributed by atoms with Crippen molar-refractivity contribution < 1.29 is 9.18 Å². The summed E-state index contributed by atoms with van der Waals surface area (Å²) in [5, 5.41) is 0.673. The SMILES string of the molecule is Nc1cc(F)cc(C(=O)c2c[nH]c3ncc(Br)cc23)c1. The van der Waals surface area contributed by atoms with Crippen molar-refractivity contribution in [2.75, 3.05) is 5.73 Å². The van der Waals surface area contributed by atoms with E-state index in [0.717, 1.165) is 4.47 Å². The number of anilines is 1. The van der Waals surface area contributed by atoms with Crippen LogP contribution in [-0.2, 0) is 0 Å². The Morgan fingerprint density at radius 1 is 1.30 bits per heavy atom. The molecule has 0 fully saturated rings. The van der Waals surface area contributed by atoms with E-state index in [4.69, 9.17) is 5.73 Å². The predicted octanol–water partition coefficient (Wildman–Crippen LogP) is 3.28. The van der Waals surface area contributed by atoms with E-state index in [1.54, 1.807) is 18.5 Å². The maximum absolute atomic E-state index is 13.3. The van der Waals surface area contributed by atoms with Crippen molar-refractivity contribution in [3.8, 4) is 0 Å². The van der Waals surface area contributed by atoms with Crippen molar-refractivity contribution in [1.82, 2.24) is 9.97 Å². The first-order valence-electron chi connectivity index (χ1n) is 5.78. The molecule has 0 atom stereocenters. The maximum Gasteiger partial charge on any atom is 0.195 e. The smallest absolute Gasteiger partial charge is 0.195 e. The highest BCUT2D eigenvalue weighted by atomic mass is 79.9. The Morgan fingerprint density at radius 3 is 2.85 bits per heavy atom. The van der Waals surface area contributed by atoms with E-state index in [1.807, 2.05) is 0 Å². The number of carbonyl (C=O) groups is 1. The number of halogens is 2. The van der Waals surface area contributed by atoms with Gasteiger partial charge in [-0.3, -0.25) is 4.79 Å². The van der Waals surface area contributed by atoms with E-state index < -0.39 is 5.82 Å². The molecule has 0 aliphatic rings. The molecular weight excluding hydrogens is 325 g/mol. The number of ketones is 1. The van der Waals surface area contributed by atoms with Gasteiger partial charge in [-0.1, -0.05) is 0 Å². The number of H-pyrrole nitrogens is 1. The lowest BCUT2D eigenvalue weighted by atomic mass is 10.0. The number of pyridine rings is 1. The molecule has 4 nitrogen and oxygen atoms in total. The Balaban J connectivity index is 2.15. The number of rotatable bonds is 2. The Bertz CT molecular complexity index is 808. The van der Waals surface area contributed by atoms with Crippen molar-refractivity contribution in [2.24, 2.45) is 0 Å². The van der Waals surface area contributed by atoms with Crippen LogP contribution in [0.1, 0.15) is 15.9 Å². The van der Waals surface area contributed by atoms with E-state index in [1.165, 1.54) is 18.2 Å². The van der Waals surface area contributed by atoms with E-state index in [2.05, 4.69) is 25.9 Å². The van der Waals surface area contributed by atoms with Crippen LogP contribution in [0.3, 0.4) is 0 Å². The largest absolute Gasteiger partial charge is 0.399 e. The van der Waals surface area contributed by atoms with Crippen LogP contribution >= 0.6 is 15.9 Å². The van der Waals surface area contributed by atoms with Gasteiger partial charge in [-0.25, -0.2) is 9.37 Å². The maximum atomic E-state index is 13.3. The molecular formula is C14H9BrFN3O. The van der Waals surface area contributed by atoms with E-state index in [-0.39, 0.29) is 17.0 Å². The van der Waals surface area contributed by atoms with Gasteiger partial charge >= 0.3 is 0 Å². The number of fused-ring (bicyclic) bond motifs is 1. The van der Waals surface area contributed by atoms with Crippen LogP contribution in [0.2, 0.25) is 0 Å². The van der Waals surface area contributed by atoms with Crippen molar-refractivity contribution in [3.05, 3.63) is 58.1 Å². The second-order valence-corrected chi connectivity index (χ2v) is 5.27. The molecule has 0 saturated carbocycles. The molecule has 2 aromatic heterocycles. The molecule has 0 spiro atoms. The first-order valence-corrected chi connectivity index (χ1v) is 6.57. The van der Waals surface area contributed by atoms with Crippen molar-refractivity contribution in [1.29, 1.82) is 0 Å². The van der Waals surface area contributed by atoms with Gasteiger partial charge in [-0.2, -0.15) is 0 Å². The average Bonchev–Trinajstić information content (AvgIpc) is 2.79. The molecule has 1 aromatic carbocycles. The zero-order valence-corrected chi connectivity index (χ0v) is 11.7. The van der Waals surface area contributed by atoms with E-state index in [9.17, 15) is 9.18 Å². The van der Waals surface area contributed by atoms with Gasteiger partial charge in [0.25, 0.3) is 0 Å². The van der Waals surface area contributed by atoms with Gasteiger partial charge in [0.05, 0.1) is 0 Å². The molecule has 20 heavy (non-hydrogen) atoms. The third-order valence-electron chi connectivity index (χ3n) is 2.92. The fourth-order valence-electron chi connectivity index (χ4n) is 2.06. The predicted molar refractivity (Wildman–Crippen MR) is 78.0 cm³/mol. The van der Waals surface area contributed by atoms with Gasteiger partial charge in [0.15, 0.2) is 5.78 Å². The molecule has 6 heteroatoms. The molecule has 2 heterocycles. The summed E-state index contributed by atoms with van der Waals surface area (Å²) in [6.45, 7) is 0. The second-order valence-electron chi connectivity index (χ2n) is 4.35. The Kier molecular flexibility index (Phi) is 3.02. The molecule has 0 bridgehead atoms. The summed E-state index contributed by atoms with van der Waals surface area (Å²) in [4.78, 5) is 19.5. The van der Waals surface area contributed by atoms with Gasteiger partial charge in [0.2, 0.25) is 0 Å². The van der Waals surface area contributed by atoms with Crippen molar-refractivity contribution in [3.63, 3.8) is 0 Å². The van der Waals surface area contributed by atoms with Crippen LogP contribution in [0, 0.1) is 5.82 Å². The molecule has 3 rings (SSSR count). The number of nitrogen functional groups attached to an aromatic ring is 1. The minimum atomic E-state index is -0.535. The summed E-state index contributed by atoms with van der Waals surface area (Å²) in [6.07, 6.45) is 3.20. The third-order valence-corrected chi connectivity index (χ3v) is 3.36. The number of nitrogens with zero attached hydrogens (tertiary/aromatic N) is 1. The van der Waals surface area contributed by atoms with Crippen molar-refractivity contribution in [2.45, 2.75) is 0 Å². The first-order chi connectivity index (χ1) is 9.54. The highest BCUT2D eigenvalue weighted by Gasteiger charge is 2.16. The summed E-state index contributed by atoms with van der Waals surface area (Å²) in [6, 6.07) is 5.58. The normalized spacial score (nSPS) is 10.9. The van der Waals surface area contributed by atoms with E-state index in [0.29, 0.717) is 16.6 Å². The fourth-order valence-corrected chi connectivity index (χ4v) is 2.40. The first kappa shape index (κ1) is 12.8. The van der Waals surface area contributed by atoms with Gasteiger partial charge < -0.3 is 10.7 Å². The number of nitrogens with two attached hydrogens (primary N) is 1. The van der Waals surface area contributed by atoms with Gasteiger partial charge in [-0.05, 0) is 40.2 Å². The lowest BCUT2D eigenvalue weighted by molar-refractivity contribution is 0.104. The minimum absolute atomic E-state index is 0.211. The van der Waals surface area contributed by atoms with Crippen LogP contribution in [0.25, 0.3) is 11.0 Å². The Hall–Kier alpha value is -2.21. The molecule has 0 amide bonds. The molecule has 0 saturated heterocycles. The summed E-state index contributed by atoms with van der Waals surface area (Å²) in [5.41, 5.74) is 7.02. The zero-order valence-electron chi connectivity index (χ0n) is 10.2. The molecule has 0 aliphatic heterocycles. The number of benzene rings is 1. The van der Waals surface area contributed by atoms with Gasteiger partial charge in [0, 0.05) is 39.1 Å². The van der Waals surface area contributed by atoms with Crippen LogP contribution in [-0.4, -0.2) is 15.8 Å². The number of carbonyl (C=O) groups excluding carboxylic acids is 1. The van der Waals surface area contributed by atoms with Crippen LogP contribution in [0.15, 0.2) is 41.1 Å². The number of aromatic amines is 1. The average molecular weight is 334 g/mol. The molecule has 3 aromatic rings. The molecule has 0 radical (unpaired) electrons. The lowest BCUT2D eigenvalue weighted by Gasteiger charge is -2.02.